The van der Waals surface area contributed by atoms with Crippen LogP contribution in [0.5, 0.6) is 0 Å². The average Bonchev–Trinajstić information content (AvgIpc) is 2.80. The van der Waals surface area contributed by atoms with Crippen LogP contribution in [0.15, 0.2) is 29.2 Å². The second kappa shape index (κ2) is 5.42. The van der Waals surface area contributed by atoms with Crippen molar-refractivity contribution in [1.29, 1.82) is 0 Å². The zero-order valence-electron chi connectivity index (χ0n) is 10.7. The molecule has 0 aliphatic rings. The summed E-state index contributed by atoms with van der Waals surface area (Å²) >= 11 is 3.36. The fraction of sp³-hybridized carbons (Fsp3) is 0.333. The lowest BCUT2D eigenvalue weighted by Crippen LogP contribution is -2.03. The maximum absolute atomic E-state index is 11.6. The molecular weight excluding hydrogens is 330 g/mol. The van der Waals surface area contributed by atoms with E-state index in [0.717, 1.165) is 17.9 Å². The number of hydrogen-bond acceptors (Lipinski definition) is 4. The standard InChI is InChI=1S/C12H14BrN3O2S/c1-3-16-11(8-13)14-15-12(16)9-5-4-6-10(7-9)19(2,17)18/h4-7H,3,8H2,1-2H3. The predicted molar refractivity (Wildman–Crippen MR) is 76.9 cm³/mol. The van der Waals surface area contributed by atoms with Crippen LogP contribution in [0.25, 0.3) is 11.4 Å². The molecule has 0 radical (unpaired) electrons. The number of nitrogens with zero attached hydrogens (tertiary/aromatic N) is 3. The Kier molecular flexibility index (Phi) is 4.05. The third-order valence-corrected chi connectivity index (χ3v) is 4.40. The third-order valence-electron chi connectivity index (χ3n) is 2.78. The molecule has 0 bridgehead atoms. The Hall–Kier alpha value is -1.21. The van der Waals surface area contributed by atoms with Gasteiger partial charge in [0.15, 0.2) is 15.7 Å². The number of rotatable bonds is 4. The van der Waals surface area contributed by atoms with E-state index in [-0.39, 0.29) is 4.90 Å². The zero-order valence-corrected chi connectivity index (χ0v) is 13.1. The van der Waals surface area contributed by atoms with Crippen molar-refractivity contribution in [2.45, 2.75) is 23.7 Å². The van der Waals surface area contributed by atoms with Gasteiger partial charge in [-0.05, 0) is 19.1 Å². The van der Waals surface area contributed by atoms with Crippen molar-refractivity contribution in [2.24, 2.45) is 0 Å². The topological polar surface area (TPSA) is 64.8 Å². The second-order valence-corrected chi connectivity index (χ2v) is 6.69. The first-order valence-corrected chi connectivity index (χ1v) is 8.77. The molecule has 1 aromatic carbocycles. The van der Waals surface area contributed by atoms with Gasteiger partial charge in [-0.2, -0.15) is 0 Å². The van der Waals surface area contributed by atoms with Gasteiger partial charge in [0, 0.05) is 18.4 Å². The molecule has 0 N–H and O–H groups in total. The van der Waals surface area contributed by atoms with Gasteiger partial charge in [-0.25, -0.2) is 8.42 Å². The summed E-state index contributed by atoms with van der Waals surface area (Å²) in [6, 6.07) is 6.76. The number of halogens is 1. The smallest absolute Gasteiger partial charge is 0.175 e. The average molecular weight is 344 g/mol. The fourth-order valence-electron chi connectivity index (χ4n) is 1.85. The fourth-order valence-corrected chi connectivity index (χ4v) is 2.93. The van der Waals surface area contributed by atoms with Crippen LogP contribution in [0.1, 0.15) is 12.7 Å². The number of hydrogen-bond donors (Lipinski definition) is 0. The molecule has 0 spiro atoms. The third kappa shape index (κ3) is 2.87. The largest absolute Gasteiger partial charge is 0.311 e. The minimum Gasteiger partial charge on any atom is -0.311 e. The van der Waals surface area contributed by atoms with Gasteiger partial charge in [0.2, 0.25) is 0 Å². The normalized spacial score (nSPS) is 11.7. The molecule has 0 fully saturated rings. The molecule has 7 heteroatoms. The summed E-state index contributed by atoms with van der Waals surface area (Å²) in [6.45, 7) is 2.73. The van der Waals surface area contributed by atoms with Crippen LogP contribution in [0.4, 0.5) is 0 Å². The van der Waals surface area contributed by atoms with Crippen LogP contribution in [-0.4, -0.2) is 29.4 Å². The maximum atomic E-state index is 11.6. The Morgan fingerprint density at radius 3 is 2.63 bits per heavy atom. The molecule has 1 aromatic heterocycles. The quantitative estimate of drug-likeness (QED) is 0.798. The summed E-state index contributed by atoms with van der Waals surface area (Å²) < 4.78 is 25.1. The van der Waals surface area contributed by atoms with Gasteiger partial charge in [0.05, 0.1) is 10.2 Å². The molecule has 2 aromatic rings. The molecule has 0 aliphatic heterocycles. The lowest BCUT2D eigenvalue weighted by atomic mass is 10.2. The van der Waals surface area contributed by atoms with Crippen LogP contribution in [0, 0.1) is 0 Å². The second-order valence-electron chi connectivity index (χ2n) is 4.12. The first-order chi connectivity index (χ1) is 8.97. The molecule has 0 saturated heterocycles. The van der Waals surface area contributed by atoms with Crippen molar-refractivity contribution >= 4 is 25.8 Å². The van der Waals surface area contributed by atoms with Crippen molar-refractivity contribution < 1.29 is 8.42 Å². The summed E-state index contributed by atoms with van der Waals surface area (Å²) in [5.74, 6) is 1.50. The highest BCUT2D eigenvalue weighted by Crippen LogP contribution is 2.22. The van der Waals surface area contributed by atoms with Gasteiger partial charge in [0.1, 0.15) is 5.82 Å². The minimum atomic E-state index is -3.22. The van der Waals surface area contributed by atoms with Gasteiger partial charge in [-0.3, -0.25) is 0 Å². The molecule has 2 rings (SSSR count). The molecule has 19 heavy (non-hydrogen) atoms. The first-order valence-electron chi connectivity index (χ1n) is 5.76. The van der Waals surface area contributed by atoms with Gasteiger partial charge >= 0.3 is 0 Å². The molecule has 0 aliphatic carbocycles. The SMILES string of the molecule is CCn1c(CBr)nnc1-c1cccc(S(C)(=O)=O)c1. The summed E-state index contributed by atoms with van der Waals surface area (Å²) in [4.78, 5) is 0.288. The van der Waals surface area contributed by atoms with E-state index in [1.54, 1.807) is 18.2 Å². The molecule has 1 heterocycles. The van der Waals surface area contributed by atoms with Gasteiger partial charge in [0.25, 0.3) is 0 Å². The van der Waals surface area contributed by atoms with E-state index in [2.05, 4.69) is 26.1 Å². The highest BCUT2D eigenvalue weighted by Gasteiger charge is 2.14. The van der Waals surface area contributed by atoms with Crippen molar-refractivity contribution in [3.8, 4) is 11.4 Å². The van der Waals surface area contributed by atoms with Gasteiger partial charge < -0.3 is 4.57 Å². The maximum Gasteiger partial charge on any atom is 0.175 e. The van der Waals surface area contributed by atoms with E-state index in [9.17, 15) is 8.42 Å². The molecule has 0 saturated carbocycles. The highest BCUT2D eigenvalue weighted by atomic mass is 79.9. The number of sulfone groups is 1. The Labute approximate surface area is 120 Å². The van der Waals surface area contributed by atoms with Crippen LogP contribution in [0.3, 0.4) is 0 Å². The van der Waals surface area contributed by atoms with E-state index in [1.165, 1.54) is 6.26 Å². The summed E-state index contributed by atoms with van der Waals surface area (Å²) in [5, 5.41) is 8.84. The predicted octanol–water partition coefficient (Wildman–Crippen LogP) is 2.26. The summed E-state index contributed by atoms with van der Waals surface area (Å²) in [7, 11) is -3.22. The molecule has 0 amide bonds. The van der Waals surface area contributed by atoms with Crippen LogP contribution in [0.2, 0.25) is 0 Å². The van der Waals surface area contributed by atoms with Crippen LogP contribution in [-0.2, 0) is 21.7 Å². The van der Waals surface area contributed by atoms with Crippen molar-refractivity contribution in [1.82, 2.24) is 14.8 Å². The van der Waals surface area contributed by atoms with Crippen molar-refractivity contribution in [3.63, 3.8) is 0 Å². The zero-order chi connectivity index (χ0) is 14.0. The molecular formula is C12H14BrN3O2S. The molecule has 0 atom stereocenters. The lowest BCUT2D eigenvalue weighted by molar-refractivity contribution is 0.602. The van der Waals surface area contributed by atoms with E-state index < -0.39 is 9.84 Å². The summed E-state index contributed by atoms with van der Waals surface area (Å²) in [5.41, 5.74) is 0.754. The van der Waals surface area contributed by atoms with Crippen molar-refractivity contribution in [3.05, 3.63) is 30.1 Å². The van der Waals surface area contributed by atoms with E-state index in [1.807, 2.05) is 17.6 Å². The van der Waals surface area contributed by atoms with E-state index in [4.69, 9.17) is 0 Å². The first kappa shape index (κ1) is 14.2. The Balaban J connectivity index is 2.57. The molecule has 5 nitrogen and oxygen atoms in total. The Morgan fingerprint density at radius 2 is 2.05 bits per heavy atom. The van der Waals surface area contributed by atoms with Crippen LogP contribution < -0.4 is 0 Å². The van der Waals surface area contributed by atoms with E-state index >= 15 is 0 Å². The van der Waals surface area contributed by atoms with Crippen LogP contribution >= 0.6 is 15.9 Å². The van der Waals surface area contributed by atoms with Gasteiger partial charge in [-0.15, -0.1) is 10.2 Å². The number of benzene rings is 1. The van der Waals surface area contributed by atoms with Crippen molar-refractivity contribution in [2.75, 3.05) is 6.26 Å². The Morgan fingerprint density at radius 1 is 1.32 bits per heavy atom. The number of alkyl halides is 1. The minimum absolute atomic E-state index is 0.288. The Bertz CT molecular complexity index is 695. The molecule has 102 valence electrons. The monoisotopic (exact) mass is 343 g/mol. The highest BCUT2D eigenvalue weighted by molar-refractivity contribution is 9.08. The van der Waals surface area contributed by atoms with Gasteiger partial charge in [-0.1, -0.05) is 28.1 Å². The summed E-state index contributed by atoms with van der Waals surface area (Å²) in [6.07, 6.45) is 1.20. The lowest BCUT2D eigenvalue weighted by Gasteiger charge is -2.07. The van der Waals surface area contributed by atoms with E-state index in [0.29, 0.717) is 11.2 Å². The number of aromatic nitrogens is 3. The molecule has 0 unspecified atom stereocenters.